The van der Waals surface area contributed by atoms with Gasteiger partial charge in [-0.05, 0) is 43.1 Å². The first kappa shape index (κ1) is 13.2. The molecule has 1 N–H and O–H groups in total. The summed E-state index contributed by atoms with van der Waals surface area (Å²) in [6, 6.07) is 3.32. The fraction of sp³-hybridized carbons (Fsp3) is 0.462. The molecule has 0 radical (unpaired) electrons. The third-order valence-electron chi connectivity index (χ3n) is 3.06. The predicted molar refractivity (Wildman–Crippen MR) is 72.5 cm³/mol. The van der Waals surface area contributed by atoms with Crippen LogP contribution in [-0.4, -0.2) is 23.1 Å². The van der Waals surface area contributed by atoms with Crippen molar-refractivity contribution < 1.29 is 8.78 Å². The topological polar surface area (TPSA) is 15.3 Å². The molecule has 0 saturated carbocycles. The first-order chi connectivity index (χ1) is 8.54. The van der Waals surface area contributed by atoms with Crippen molar-refractivity contribution in [2.24, 2.45) is 5.92 Å². The summed E-state index contributed by atoms with van der Waals surface area (Å²) in [4.78, 5) is 2.05. The standard InChI is InChI=1S/C13H16F2N2S/c1-9-3-2-4-17(8-9)13(18)16-12-6-10(14)5-11(15)7-12/h5-7,9H,2-4,8H2,1H3,(H,16,18)/t9-/m0/s1. The molecule has 1 aliphatic rings. The number of hydrogen-bond acceptors (Lipinski definition) is 1. The lowest BCUT2D eigenvalue weighted by Gasteiger charge is -2.33. The Morgan fingerprint density at radius 1 is 1.33 bits per heavy atom. The van der Waals surface area contributed by atoms with Crippen LogP contribution in [0.5, 0.6) is 0 Å². The smallest absolute Gasteiger partial charge is 0.173 e. The summed E-state index contributed by atoms with van der Waals surface area (Å²) in [5.74, 6) is -0.609. The van der Waals surface area contributed by atoms with Crippen molar-refractivity contribution in [1.29, 1.82) is 0 Å². The number of likely N-dealkylation sites (tertiary alicyclic amines) is 1. The zero-order chi connectivity index (χ0) is 13.1. The second-order valence-electron chi connectivity index (χ2n) is 4.78. The van der Waals surface area contributed by atoms with Gasteiger partial charge in [0.2, 0.25) is 0 Å². The Kier molecular flexibility index (Phi) is 4.11. The van der Waals surface area contributed by atoms with Crippen LogP contribution in [0.2, 0.25) is 0 Å². The lowest BCUT2D eigenvalue weighted by molar-refractivity contribution is 0.276. The minimum Gasteiger partial charge on any atom is -0.349 e. The summed E-state index contributed by atoms with van der Waals surface area (Å²) in [6.07, 6.45) is 2.30. The van der Waals surface area contributed by atoms with Crippen LogP contribution in [0.4, 0.5) is 14.5 Å². The van der Waals surface area contributed by atoms with Crippen molar-refractivity contribution in [2.45, 2.75) is 19.8 Å². The summed E-state index contributed by atoms with van der Waals surface area (Å²) >= 11 is 5.27. The number of rotatable bonds is 1. The van der Waals surface area contributed by atoms with Gasteiger partial charge in [-0.1, -0.05) is 6.92 Å². The summed E-state index contributed by atoms with van der Waals surface area (Å²) in [6.45, 7) is 3.97. The quantitative estimate of drug-likeness (QED) is 0.787. The molecular formula is C13H16F2N2S. The highest BCUT2D eigenvalue weighted by Gasteiger charge is 2.18. The van der Waals surface area contributed by atoms with E-state index in [0.717, 1.165) is 25.6 Å². The van der Waals surface area contributed by atoms with Gasteiger partial charge in [0.25, 0.3) is 0 Å². The molecule has 0 spiro atoms. The molecule has 1 aromatic carbocycles. The minimum absolute atomic E-state index is 0.357. The van der Waals surface area contributed by atoms with Crippen molar-refractivity contribution in [1.82, 2.24) is 4.90 Å². The molecule has 2 rings (SSSR count). The van der Waals surface area contributed by atoms with Crippen molar-refractivity contribution in [2.75, 3.05) is 18.4 Å². The normalized spacial score (nSPS) is 19.7. The van der Waals surface area contributed by atoms with Crippen molar-refractivity contribution in [3.8, 4) is 0 Å². The molecule has 0 aliphatic carbocycles. The predicted octanol–water partition coefficient (Wildman–Crippen LogP) is 3.39. The molecule has 1 fully saturated rings. The van der Waals surface area contributed by atoms with Crippen LogP contribution in [0.15, 0.2) is 18.2 Å². The van der Waals surface area contributed by atoms with Crippen molar-refractivity contribution in [3.05, 3.63) is 29.8 Å². The molecule has 0 aromatic heterocycles. The van der Waals surface area contributed by atoms with Gasteiger partial charge in [-0.15, -0.1) is 0 Å². The monoisotopic (exact) mass is 270 g/mol. The summed E-state index contributed by atoms with van der Waals surface area (Å²) in [5.41, 5.74) is 0.357. The minimum atomic E-state index is -0.604. The van der Waals surface area contributed by atoms with Gasteiger partial charge in [-0.25, -0.2) is 8.78 Å². The fourth-order valence-corrected chi connectivity index (χ4v) is 2.49. The van der Waals surface area contributed by atoms with Crippen molar-refractivity contribution in [3.63, 3.8) is 0 Å². The lowest BCUT2D eigenvalue weighted by Crippen LogP contribution is -2.41. The lowest BCUT2D eigenvalue weighted by atomic mass is 10.0. The molecule has 1 aliphatic heterocycles. The Balaban J connectivity index is 2.02. The highest BCUT2D eigenvalue weighted by atomic mass is 32.1. The Hall–Kier alpha value is -1.23. The SMILES string of the molecule is C[C@H]1CCCN(C(=S)Nc2cc(F)cc(F)c2)C1. The average molecular weight is 270 g/mol. The van der Waals surface area contributed by atoms with Crippen LogP contribution in [-0.2, 0) is 0 Å². The Morgan fingerprint density at radius 2 is 2.00 bits per heavy atom. The van der Waals surface area contributed by atoms with Crippen LogP contribution in [0.1, 0.15) is 19.8 Å². The van der Waals surface area contributed by atoms with Gasteiger partial charge in [0, 0.05) is 24.8 Å². The van der Waals surface area contributed by atoms with E-state index in [1.54, 1.807) is 0 Å². The fourth-order valence-electron chi connectivity index (χ4n) is 2.20. The third kappa shape index (κ3) is 3.38. The molecule has 1 atom stereocenters. The van der Waals surface area contributed by atoms with Crippen LogP contribution >= 0.6 is 12.2 Å². The largest absolute Gasteiger partial charge is 0.349 e. The molecule has 98 valence electrons. The van der Waals surface area contributed by atoms with Gasteiger partial charge >= 0.3 is 0 Å². The number of anilines is 1. The molecule has 18 heavy (non-hydrogen) atoms. The van der Waals surface area contributed by atoms with E-state index in [2.05, 4.69) is 12.2 Å². The summed E-state index contributed by atoms with van der Waals surface area (Å²) < 4.78 is 26.1. The Morgan fingerprint density at radius 3 is 2.61 bits per heavy atom. The van der Waals surface area contributed by atoms with Gasteiger partial charge in [0.1, 0.15) is 11.6 Å². The van der Waals surface area contributed by atoms with E-state index in [4.69, 9.17) is 12.2 Å². The van der Waals surface area contributed by atoms with E-state index in [0.29, 0.717) is 16.7 Å². The summed E-state index contributed by atoms with van der Waals surface area (Å²) in [7, 11) is 0. The van der Waals surface area contributed by atoms with E-state index in [-0.39, 0.29) is 0 Å². The van der Waals surface area contributed by atoms with Crippen LogP contribution in [0.3, 0.4) is 0 Å². The van der Waals surface area contributed by atoms with Gasteiger partial charge < -0.3 is 10.2 Å². The number of nitrogens with one attached hydrogen (secondary N) is 1. The second kappa shape index (κ2) is 5.61. The molecular weight excluding hydrogens is 254 g/mol. The molecule has 1 saturated heterocycles. The Bertz CT molecular complexity index is 430. The maximum Gasteiger partial charge on any atom is 0.173 e. The number of hydrogen-bond donors (Lipinski definition) is 1. The maximum absolute atomic E-state index is 13.0. The maximum atomic E-state index is 13.0. The van der Waals surface area contributed by atoms with Gasteiger partial charge in [0.05, 0.1) is 0 Å². The first-order valence-corrected chi connectivity index (χ1v) is 6.47. The number of halogens is 2. The second-order valence-corrected chi connectivity index (χ2v) is 5.17. The van der Waals surface area contributed by atoms with E-state index >= 15 is 0 Å². The number of nitrogens with zero attached hydrogens (tertiary/aromatic N) is 1. The molecule has 0 bridgehead atoms. The molecule has 2 nitrogen and oxygen atoms in total. The number of benzene rings is 1. The highest BCUT2D eigenvalue weighted by molar-refractivity contribution is 7.80. The van der Waals surface area contributed by atoms with Gasteiger partial charge in [-0.3, -0.25) is 0 Å². The third-order valence-corrected chi connectivity index (χ3v) is 3.42. The van der Waals surface area contributed by atoms with Crippen molar-refractivity contribution >= 4 is 23.0 Å². The van der Waals surface area contributed by atoms with E-state index in [9.17, 15) is 8.78 Å². The number of thiocarbonyl (C=S) groups is 1. The van der Waals surface area contributed by atoms with Gasteiger partial charge in [-0.2, -0.15) is 0 Å². The Labute approximate surface area is 111 Å². The zero-order valence-corrected chi connectivity index (χ0v) is 11.1. The summed E-state index contributed by atoms with van der Waals surface area (Å²) in [5, 5.41) is 3.43. The van der Waals surface area contributed by atoms with E-state index in [1.807, 2.05) is 4.90 Å². The molecule has 0 unspecified atom stereocenters. The highest BCUT2D eigenvalue weighted by Crippen LogP contribution is 2.18. The van der Waals surface area contributed by atoms with Crippen LogP contribution < -0.4 is 5.32 Å². The zero-order valence-electron chi connectivity index (χ0n) is 10.2. The first-order valence-electron chi connectivity index (χ1n) is 6.06. The molecule has 1 heterocycles. The molecule has 5 heteroatoms. The van der Waals surface area contributed by atoms with Crippen LogP contribution in [0, 0.1) is 17.6 Å². The van der Waals surface area contributed by atoms with Gasteiger partial charge in [0.15, 0.2) is 5.11 Å². The molecule has 1 aromatic rings. The van der Waals surface area contributed by atoms with E-state index in [1.165, 1.54) is 18.6 Å². The molecule has 0 amide bonds. The number of piperidine rings is 1. The average Bonchev–Trinajstić information content (AvgIpc) is 2.27. The van der Waals surface area contributed by atoms with E-state index < -0.39 is 11.6 Å². The van der Waals surface area contributed by atoms with Crippen LogP contribution in [0.25, 0.3) is 0 Å².